The van der Waals surface area contributed by atoms with Crippen molar-refractivity contribution in [1.29, 1.82) is 0 Å². The van der Waals surface area contributed by atoms with E-state index < -0.39 is 22.8 Å². The number of para-hydroxylation sites is 1. The van der Waals surface area contributed by atoms with E-state index in [-0.39, 0.29) is 11.1 Å². The van der Waals surface area contributed by atoms with E-state index >= 15 is 0 Å². The molecular formula is C22H28O5. The first-order valence-corrected chi connectivity index (χ1v) is 8.85. The Labute approximate surface area is 160 Å². The van der Waals surface area contributed by atoms with Crippen molar-refractivity contribution in [3.05, 3.63) is 64.7 Å². The number of carbonyl (C=O) groups excluding carboxylic acids is 1. The SMILES string of the molecule is CC(C)(O)c1ccc(C(=O)Oc2ccccc2)c(C(C)(C)O)c1C(C)(C)O. The molecule has 0 spiro atoms. The van der Waals surface area contributed by atoms with Crippen LogP contribution in [0, 0.1) is 0 Å². The summed E-state index contributed by atoms with van der Waals surface area (Å²) in [5, 5.41) is 32.2. The first kappa shape index (κ1) is 21.1. The third-order valence-electron chi connectivity index (χ3n) is 4.26. The molecule has 3 N–H and O–H groups in total. The maximum absolute atomic E-state index is 12.8. The average Bonchev–Trinajstić information content (AvgIpc) is 2.51. The Balaban J connectivity index is 2.74. The minimum absolute atomic E-state index is 0.136. The quantitative estimate of drug-likeness (QED) is 0.551. The van der Waals surface area contributed by atoms with E-state index in [1.165, 1.54) is 19.9 Å². The molecule has 2 aromatic rings. The van der Waals surface area contributed by atoms with E-state index in [0.717, 1.165) is 0 Å². The molecule has 5 heteroatoms. The molecule has 0 saturated carbocycles. The Bertz CT molecular complexity index is 819. The topological polar surface area (TPSA) is 87.0 Å². The van der Waals surface area contributed by atoms with Gasteiger partial charge < -0.3 is 20.1 Å². The molecule has 2 aromatic carbocycles. The van der Waals surface area contributed by atoms with Crippen LogP contribution in [0.1, 0.15) is 68.6 Å². The predicted molar refractivity (Wildman–Crippen MR) is 104 cm³/mol. The van der Waals surface area contributed by atoms with Crippen molar-refractivity contribution in [1.82, 2.24) is 0 Å². The molecule has 0 radical (unpaired) electrons. The molecule has 146 valence electrons. The molecule has 0 aliphatic rings. The smallest absolute Gasteiger partial charge is 0.343 e. The van der Waals surface area contributed by atoms with Crippen molar-refractivity contribution in [3.63, 3.8) is 0 Å². The first-order valence-electron chi connectivity index (χ1n) is 8.85. The molecule has 0 saturated heterocycles. The lowest BCUT2D eigenvalue weighted by atomic mass is 9.76. The molecule has 0 fully saturated rings. The largest absolute Gasteiger partial charge is 0.423 e. The number of carbonyl (C=O) groups is 1. The molecule has 0 aliphatic heterocycles. The van der Waals surface area contributed by atoms with Crippen LogP contribution in [0.3, 0.4) is 0 Å². The van der Waals surface area contributed by atoms with E-state index in [9.17, 15) is 20.1 Å². The Hall–Kier alpha value is -2.21. The number of ether oxygens (including phenoxy) is 1. The summed E-state index contributed by atoms with van der Waals surface area (Å²) in [5.41, 5.74) is -3.03. The Kier molecular flexibility index (Phi) is 5.53. The zero-order chi connectivity index (χ0) is 20.6. The zero-order valence-corrected chi connectivity index (χ0v) is 16.7. The van der Waals surface area contributed by atoms with Crippen LogP contribution in [0.5, 0.6) is 5.75 Å². The first-order chi connectivity index (χ1) is 12.2. The van der Waals surface area contributed by atoms with Crippen molar-refractivity contribution < 1.29 is 24.9 Å². The lowest BCUT2D eigenvalue weighted by Gasteiger charge is -2.35. The van der Waals surface area contributed by atoms with Gasteiger partial charge in [-0.25, -0.2) is 4.79 Å². The van der Waals surface area contributed by atoms with Crippen molar-refractivity contribution in [2.24, 2.45) is 0 Å². The van der Waals surface area contributed by atoms with E-state index in [1.54, 1.807) is 58.0 Å². The van der Waals surface area contributed by atoms with Gasteiger partial charge in [-0.05, 0) is 70.9 Å². The second-order valence-corrected chi connectivity index (χ2v) is 8.29. The van der Waals surface area contributed by atoms with Gasteiger partial charge in [0.1, 0.15) is 5.75 Å². The summed E-state index contributed by atoms with van der Waals surface area (Å²) in [6, 6.07) is 11.7. The summed E-state index contributed by atoms with van der Waals surface area (Å²) >= 11 is 0. The zero-order valence-electron chi connectivity index (χ0n) is 16.7. The lowest BCUT2D eigenvalue weighted by Crippen LogP contribution is -2.34. The van der Waals surface area contributed by atoms with E-state index in [4.69, 9.17) is 4.74 Å². The average molecular weight is 372 g/mol. The van der Waals surface area contributed by atoms with Crippen molar-refractivity contribution in [3.8, 4) is 5.75 Å². The van der Waals surface area contributed by atoms with E-state index in [0.29, 0.717) is 16.9 Å². The second-order valence-electron chi connectivity index (χ2n) is 8.29. The Morgan fingerprint density at radius 1 is 0.741 bits per heavy atom. The van der Waals surface area contributed by atoms with Crippen molar-refractivity contribution in [2.45, 2.75) is 58.3 Å². The van der Waals surface area contributed by atoms with Crippen LogP contribution in [0.2, 0.25) is 0 Å². The summed E-state index contributed by atoms with van der Waals surface area (Å²) in [4.78, 5) is 12.8. The Morgan fingerprint density at radius 2 is 1.26 bits per heavy atom. The van der Waals surface area contributed by atoms with Gasteiger partial charge in [0, 0.05) is 5.56 Å². The molecule has 2 rings (SSSR count). The normalized spacial score (nSPS) is 12.8. The van der Waals surface area contributed by atoms with Gasteiger partial charge in [-0.2, -0.15) is 0 Å². The molecule has 0 aromatic heterocycles. The fourth-order valence-corrected chi connectivity index (χ4v) is 3.20. The number of rotatable bonds is 5. The maximum Gasteiger partial charge on any atom is 0.343 e. The molecule has 0 aliphatic carbocycles. The van der Waals surface area contributed by atoms with Crippen LogP contribution in [-0.2, 0) is 16.8 Å². The van der Waals surface area contributed by atoms with Gasteiger partial charge in [0.25, 0.3) is 0 Å². The standard InChI is InChI=1S/C22H28O5/c1-20(2,24)16-13-12-15(19(23)27-14-10-8-7-9-11-14)17(21(3,4)25)18(16)22(5,6)26/h7-13,24-26H,1-6H3. The summed E-state index contributed by atoms with van der Waals surface area (Å²) in [5.74, 6) is -0.272. The molecule has 0 heterocycles. The number of aliphatic hydroxyl groups is 3. The van der Waals surface area contributed by atoms with Crippen LogP contribution in [0.15, 0.2) is 42.5 Å². The fraction of sp³-hybridized carbons (Fsp3) is 0.409. The lowest BCUT2D eigenvalue weighted by molar-refractivity contribution is 0.0368. The fourth-order valence-electron chi connectivity index (χ4n) is 3.20. The van der Waals surface area contributed by atoms with Crippen LogP contribution in [0.4, 0.5) is 0 Å². The van der Waals surface area contributed by atoms with E-state index in [1.807, 2.05) is 6.07 Å². The summed E-state index contributed by atoms with van der Waals surface area (Å²) in [6.07, 6.45) is 0. The van der Waals surface area contributed by atoms with Gasteiger partial charge >= 0.3 is 5.97 Å². The highest BCUT2D eigenvalue weighted by atomic mass is 16.5. The van der Waals surface area contributed by atoms with Gasteiger partial charge in [0.15, 0.2) is 0 Å². The van der Waals surface area contributed by atoms with Crippen LogP contribution >= 0.6 is 0 Å². The van der Waals surface area contributed by atoms with Crippen molar-refractivity contribution >= 4 is 5.97 Å². The second kappa shape index (κ2) is 7.08. The van der Waals surface area contributed by atoms with Crippen LogP contribution < -0.4 is 4.74 Å². The summed E-state index contributed by atoms with van der Waals surface area (Å²) < 4.78 is 5.44. The highest BCUT2D eigenvalue weighted by Gasteiger charge is 2.38. The van der Waals surface area contributed by atoms with Gasteiger partial charge in [0.2, 0.25) is 0 Å². The molecular weight excluding hydrogens is 344 g/mol. The predicted octanol–water partition coefficient (Wildman–Crippen LogP) is 3.59. The van der Waals surface area contributed by atoms with Gasteiger partial charge in [-0.3, -0.25) is 0 Å². The van der Waals surface area contributed by atoms with Crippen molar-refractivity contribution in [2.75, 3.05) is 0 Å². The molecule has 5 nitrogen and oxygen atoms in total. The highest BCUT2D eigenvalue weighted by Crippen LogP contribution is 2.40. The minimum atomic E-state index is -1.46. The number of benzene rings is 2. The maximum atomic E-state index is 12.8. The number of esters is 1. The molecule has 27 heavy (non-hydrogen) atoms. The number of hydrogen-bond acceptors (Lipinski definition) is 5. The molecule has 0 unspecified atom stereocenters. The monoisotopic (exact) mass is 372 g/mol. The van der Waals surface area contributed by atoms with Gasteiger partial charge in [0.05, 0.1) is 22.4 Å². The Morgan fingerprint density at radius 3 is 1.70 bits per heavy atom. The van der Waals surface area contributed by atoms with Crippen LogP contribution in [0.25, 0.3) is 0 Å². The third-order valence-corrected chi connectivity index (χ3v) is 4.26. The molecule has 0 amide bonds. The molecule has 0 atom stereocenters. The third kappa shape index (κ3) is 4.75. The minimum Gasteiger partial charge on any atom is -0.423 e. The van der Waals surface area contributed by atoms with Gasteiger partial charge in [-0.15, -0.1) is 0 Å². The van der Waals surface area contributed by atoms with Gasteiger partial charge in [-0.1, -0.05) is 24.3 Å². The van der Waals surface area contributed by atoms with E-state index in [2.05, 4.69) is 0 Å². The highest BCUT2D eigenvalue weighted by molar-refractivity contribution is 5.93. The van der Waals surface area contributed by atoms with Crippen LogP contribution in [-0.4, -0.2) is 21.3 Å². The summed E-state index contributed by atoms with van der Waals surface area (Å²) in [6.45, 7) is 9.36. The number of hydrogen-bond donors (Lipinski definition) is 3. The summed E-state index contributed by atoms with van der Waals surface area (Å²) in [7, 11) is 0. The molecule has 0 bridgehead atoms.